The molecule has 3 nitrogen and oxygen atoms in total. The molecule has 13 heavy (non-hydrogen) atoms. The average Bonchev–Trinajstić information content (AvgIpc) is 2.77. The van der Waals surface area contributed by atoms with Crippen molar-refractivity contribution in [2.24, 2.45) is 11.8 Å². The predicted octanol–water partition coefficient (Wildman–Crippen LogP) is 2.29. The molecule has 0 saturated heterocycles. The smallest absolute Gasteiger partial charge is 0.225 e. The minimum absolute atomic E-state index is 0.553. The second kappa shape index (κ2) is 2.71. The third-order valence-corrected chi connectivity index (χ3v) is 3.86. The number of hydrogen-bond acceptors (Lipinski definition) is 2. The highest BCUT2D eigenvalue weighted by Crippen LogP contribution is 2.51. The predicted molar refractivity (Wildman–Crippen MR) is 49.5 cm³/mol. The van der Waals surface area contributed by atoms with Crippen molar-refractivity contribution in [3.63, 3.8) is 0 Å². The van der Waals surface area contributed by atoms with E-state index >= 15 is 0 Å². The van der Waals surface area contributed by atoms with Crippen molar-refractivity contribution >= 4 is 11.6 Å². The van der Waals surface area contributed by atoms with Crippen molar-refractivity contribution in [2.45, 2.75) is 31.7 Å². The van der Waals surface area contributed by atoms with Crippen LogP contribution in [0, 0.1) is 11.8 Å². The molecular weight excluding hydrogens is 186 g/mol. The SMILES string of the molecule is Clc1nncn1C1CC2CCC1C2. The molecule has 70 valence electrons. The van der Waals surface area contributed by atoms with Gasteiger partial charge in [-0.2, -0.15) is 0 Å². The lowest BCUT2D eigenvalue weighted by Crippen LogP contribution is -2.15. The molecule has 0 radical (unpaired) electrons. The zero-order valence-corrected chi connectivity index (χ0v) is 8.11. The van der Waals surface area contributed by atoms with Gasteiger partial charge in [0, 0.05) is 6.04 Å². The van der Waals surface area contributed by atoms with Gasteiger partial charge in [0.25, 0.3) is 0 Å². The minimum atomic E-state index is 0.553. The van der Waals surface area contributed by atoms with Gasteiger partial charge in [0.05, 0.1) is 0 Å². The van der Waals surface area contributed by atoms with E-state index in [9.17, 15) is 0 Å². The fraction of sp³-hybridized carbons (Fsp3) is 0.778. The monoisotopic (exact) mass is 197 g/mol. The molecule has 0 spiro atoms. The summed E-state index contributed by atoms with van der Waals surface area (Å²) in [5.74, 6) is 1.77. The molecule has 0 aromatic carbocycles. The first kappa shape index (κ1) is 7.80. The summed E-state index contributed by atoms with van der Waals surface area (Å²) in [4.78, 5) is 0. The quantitative estimate of drug-likeness (QED) is 0.692. The third kappa shape index (κ3) is 1.10. The summed E-state index contributed by atoms with van der Waals surface area (Å²) < 4.78 is 2.05. The maximum absolute atomic E-state index is 5.95. The van der Waals surface area contributed by atoms with E-state index in [0.717, 1.165) is 11.8 Å². The van der Waals surface area contributed by atoms with Crippen LogP contribution in [-0.4, -0.2) is 14.8 Å². The van der Waals surface area contributed by atoms with Crippen molar-refractivity contribution < 1.29 is 0 Å². The molecule has 0 aliphatic heterocycles. The van der Waals surface area contributed by atoms with E-state index in [0.29, 0.717) is 11.3 Å². The van der Waals surface area contributed by atoms with Crippen LogP contribution in [0.4, 0.5) is 0 Å². The lowest BCUT2D eigenvalue weighted by Gasteiger charge is -2.22. The minimum Gasteiger partial charge on any atom is -0.301 e. The number of rotatable bonds is 1. The molecule has 0 N–H and O–H groups in total. The van der Waals surface area contributed by atoms with Crippen molar-refractivity contribution in [2.75, 3.05) is 0 Å². The van der Waals surface area contributed by atoms with E-state index in [1.165, 1.54) is 25.7 Å². The van der Waals surface area contributed by atoms with Crippen LogP contribution in [0.25, 0.3) is 0 Å². The Morgan fingerprint density at radius 2 is 2.31 bits per heavy atom. The topological polar surface area (TPSA) is 30.7 Å². The van der Waals surface area contributed by atoms with E-state index in [2.05, 4.69) is 10.2 Å². The van der Waals surface area contributed by atoms with Crippen LogP contribution in [0.15, 0.2) is 6.33 Å². The second-order valence-corrected chi connectivity index (χ2v) is 4.59. The number of nitrogens with zero attached hydrogens (tertiary/aromatic N) is 3. The first-order valence-electron chi connectivity index (χ1n) is 4.89. The summed E-state index contributed by atoms with van der Waals surface area (Å²) in [6.07, 6.45) is 7.22. The molecule has 1 aromatic rings. The van der Waals surface area contributed by atoms with Gasteiger partial charge in [-0.3, -0.25) is 0 Å². The number of halogens is 1. The molecule has 1 heterocycles. The number of fused-ring (bicyclic) bond motifs is 2. The summed E-state index contributed by atoms with van der Waals surface area (Å²) in [7, 11) is 0. The maximum atomic E-state index is 5.95. The molecule has 2 aliphatic rings. The molecule has 4 heteroatoms. The normalized spacial score (nSPS) is 37.2. The standard InChI is InChI=1S/C9H12ClN3/c10-9-12-11-5-13(9)8-4-6-1-2-7(8)3-6/h5-8H,1-4H2. The van der Waals surface area contributed by atoms with Gasteiger partial charge in [-0.1, -0.05) is 6.42 Å². The van der Waals surface area contributed by atoms with Crippen LogP contribution < -0.4 is 0 Å². The Hall–Kier alpha value is -0.570. The Morgan fingerprint density at radius 1 is 1.38 bits per heavy atom. The molecule has 1 aromatic heterocycles. The van der Waals surface area contributed by atoms with Crippen LogP contribution in [0.2, 0.25) is 5.28 Å². The van der Waals surface area contributed by atoms with Gasteiger partial charge >= 0.3 is 0 Å². The van der Waals surface area contributed by atoms with Gasteiger partial charge in [0.2, 0.25) is 5.28 Å². The largest absolute Gasteiger partial charge is 0.301 e. The zero-order valence-electron chi connectivity index (χ0n) is 7.36. The van der Waals surface area contributed by atoms with Gasteiger partial charge in [-0.15, -0.1) is 10.2 Å². The molecule has 3 rings (SSSR count). The lowest BCUT2D eigenvalue weighted by atomic mass is 9.95. The van der Waals surface area contributed by atoms with Crippen LogP contribution in [0.1, 0.15) is 31.7 Å². The lowest BCUT2D eigenvalue weighted by molar-refractivity contribution is 0.329. The van der Waals surface area contributed by atoms with Crippen molar-refractivity contribution in [1.29, 1.82) is 0 Å². The highest BCUT2D eigenvalue weighted by atomic mass is 35.5. The molecule has 3 atom stereocenters. The van der Waals surface area contributed by atoms with E-state index in [4.69, 9.17) is 11.6 Å². The Kier molecular flexibility index (Phi) is 1.62. The van der Waals surface area contributed by atoms with Gasteiger partial charge in [0.15, 0.2) is 0 Å². The third-order valence-electron chi connectivity index (χ3n) is 3.59. The molecule has 2 bridgehead atoms. The Bertz CT molecular complexity index is 322. The first-order valence-corrected chi connectivity index (χ1v) is 5.27. The van der Waals surface area contributed by atoms with Crippen molar-refractivity contribution in [3.8, 4) is 0 Å². The molecule has 0 amide bonds. The van der Waals surface area contributed by atoms with Gasteiger partial charge < -0.3 is 4.57 Å². The summed E-state index contributed by atoms with van der Waals surface area (Å²) in [5.41, 5.74) is 0. The van der Waals surface area contributed by atoms with E-state index in [-0.39, 0.29) is 0 Å². The van der Waals surface area contributed by atoms with Gasteiger partial charge in [-0.05, 0) is 42.7 Å². The first-order chi connectivity index (χ1) is 6.34. The molecule has 2 aliphatic carbocycles. The molecule has 3 unspecified atom stereocenters. The van der Waals surface area contributed by atoms with Crippen LogP contribution in [0.5, 0.6) is 0 Å². The fourth-order valence-corrected chi connectivity index (χ4v) is 3.22. The van der Waals surface area contributed by atoms with Crippen molar-refractivity contribution in [1.82, 2.24) is 14.8 Å². The highest BCUT2D eigenvalue weighted by molar-refractivity contribution is 6.28. The molecular formula is C9H12ClN3. The number of aromatic nitrogens is 3. The zero-order chi connectivity index (χ0) is 8.84. The Morgan fingerprint density at radius 3 is 2.85 bits per heavy atom. The van der Waals surface area contributed by atoms with E-state index in [1.54, 1.807) is 6.33 Å². The van der Waals surface area contributed by atoms with Gasteiger partial charge in [0.1, 0.15) is 6.33 Å². The second-order valence-electron chi connectivity index (χ2n) is 4.25. The Labute approximate surface area is 82.1 Å². The summed E-state index contributed by atoms with van der Waals surface area (Å²) in [5, 5.41) is 8.21. The fourth-order valence-electron chi connectivity index (χ4n) is 3.00. The van der Waals surface area contributed by atoms with Gasteiger partial charge in [-0.25, -0.2) is 0 Å². The van der Waals surface area contributed by atoms with E-state index in [1.807, 2.05) is 4.57 Å². The van der Waals surface area contributed by atoms with Crippen LogP contribution in [-0.2, 0) is 0 Å². The summed E-state index contributed by atoms with van der Waals surface area (Å²) in [6.45, 7) is 0. The summed E-state index contributed by atoms with van der Waals surface area (Å²) >= 11 is 5.95. The number of hydrogen-bond donors (Lipinski definition) is 0. The average molecular weight is 198 g/mol. The summed E-state index contributed by atoms with van der Waals surface area (Å²) in [6, 6.07) is 0.584. The van der Waals surface area contributed by atoms with Crippen LogP contribution >= 0.6 is 11.6 Å². The molecule has 2 saturated carbocycles. The van der Waals surface area contributed by atoms with Crippen LogP contribution in [0.3, 0.4) is 0 Å². The Balaban J connectivity index is 1.91. The highest BCUT2D eigenvalue weighted by Gasteiger charge is 2.40. The maximum Gasteiger partial charge on any atom is 0.225 e. The molecule has 2 fully saturated rings. The van der Waals surface area contributed by atoms with E-state index < -0.39 is 0 Å². The van der Waals surface area contributed by atoms with Crippen molar-refractivity contribution in [3.05, 3.63) is 11.6 Å².